The summed E-state index contributed by atoms with van der Waals surface area (Å²) in [5, 5.41) is 3.73. The molecule has 1 aliphatic heterocycles. The van der Waals surface area contributed by atoms with Gasteiger partial charge in [-0.2, -0.15) is 0 Å². The van der Waals surface area contributed by atoms with Crippen molar-refractivity contribution in [1.82, 2.24) is 5.32 Å². The third kappa shape index (κ3) is 3.14. The van der Waals surface area contributed by atoms with E-state index in [1.54, 1.807) is 0 Å². The number of rotatable bonds is 1. The maximum atomic E-state index is 4.98. The maximum absolute atomic E-state index is 4.98. The van der Waals surface area contributed by atoms with Gasteiger partial charge in [0.15, 0.2) is 0 Å². The second kappa shape index (κ2) is 5.10. The van der Waals surface area contributed by atoms with Crippen molar-refractivity contribution < 1.29 is 0 Å². The quantitative estimate of drug-likeness (QED) is 0.746. The molecule has 0 bridgehead atoms. The molecule has 110 valence electrons. The zero-order chi connectivity index (χ0) is 14.3. The van der Waals surface area contributed by atoms with Gasteiger partial charge in [-0.15, -0.1) is 0 Å². The normalized spacial score (nSPS) is 36.3. The van der Waals surface area contributed by atoms with Crippen molar-refractivity contribution in [3.63, 3.8) is 0 Å². The molecule has 2 heteroatoms. The van der Waals surface area contributed by atoms with Gasteiger partial charge in [-0.25, -0.2) is 0 Å². The van der Waals surface area contributed by atoms with Crippen molar-refractivity contribution >= 4 is 5.84 Å². The van der Waals surface area contributed by atoms with Crippen LogP contribution < -0.4 is 5.32 Å². The van der Waals surface area contributed by atoms with Gasteiger partial charge in [0.2, 0.25) is 0 Å². The summed E-state index contributed by atoms with van der Waals surface area (Å²) in [4.78, 5) is 4.98. The highest BCUT2D eigenvalue weighted by Crippen LogP contribution is 2.41. The molecule has 2 rings (SSSR count). The molecule has 1 heterocycles. The first-order chi connectivity index (χ1) is 8.72. The summed E-state index contributed by atoms with van der Waals surface area (Å²) in [5.41, 5.74) is 0.694. The second-order valence-electron chi connectivity index (χ2n) is 8.29. The van der Waals surface area contributed by atoms with Crippen LogP contribution in [0, 0.1) is 16.7 Å². The minimum atomic E-state index is 0.169. The molecule has 0 amide bonds. The Bertz CT molecular complexity index is 351. The second-order valence-corrected chi connectivity index (χ2v) is 8.29. The van der Waals surface area contributed by atoms with Crippen molar-refractivity contribution in [2.75, 3.05) is 0 Å². The van der Waals surface area contributed by atoms with Crippen LogP contribution in [-0.2, 0) is 0 Å². The molecule has 2 aliphatic rings. The monoisotopic (exact) mass is 264 g/mol. The maximum Gasteiger partial charge on any atom is 0.102 e. The van der Waals surface area contributed by atoms with E-state index in [1.165, 1.54) is 37.9 Å². The van der Waals surface area contributed by atoms with Gasteiger partial charge in [0.1, 0.15) is 5.84 Å². The van der Waals surface area contributed by atoms with E-state index in [1.807, 2.05) is 0 Å². The zero-order valence-electron chi connectivity index (χ0n) is 13.7. The van der Waals surface area contributed by atoms with E-state index in [0.29, 0.717) is 17.5 Å². The molecule has 0 spiro atoms. The Hall–Kier alpha value is -0.530. The molecule has 19 heavy (non-hydrogen) atoms. The Morgan fingerprint density at radius 1 is 1.21 bits per heavy atom. The smallest absolute Gasteiger partial charge is 0.102 e. The van der Waals surface area contributed by atoms with E-state index in [9.17, 15) is 0 Å². The van der Waals surface area contributed by atoms with Crippen LogP contribution in [0.1, 0.15) is 73.6 Å². The van der Waals surface area contributed by atoms with Gasteiger partial charge in [0, 0.05) is 11.5 Å². The molecule has 0 radical (unpaired) electrons. The lowest BCUT2D eigenvalue weighted by Crippen LogP contribution is -2.41. The number of hydrogen-bond acceptors (Lipinski definition) is 2. The predicted molar refractivity (Wildman–Crippen MR) is 83.6 cm³/mol. The molecule has 1 fully saturated rings. The summed E-state index contributed by atoms with van der Waals surface area (Å²) in [6.45, 7) is 14.0. The van der Waals surface area contributed by atoms with Gasteiger partial charge in [-0.05, 0) is 37.0 Å². The number of nitrogens with one attached hydrogen (secondary N) is 1. The largest absolute Gasteiger partial charge is 0.368 e. The number of nitrogens with zero attached hydrogens (tertiary/aromatic N) is 1. The van der Waals surface area contributed by atoms with Gasteiger partial charge in [-0.1, -0.05) is 48.0 Å². The highest BCUT2D eigenvalue weighted by atomic mass is 15.1. The number of aliphatic imine (C=N–C) groups is 1. The van der Waals surface area contributed by atoms with Gasteiger partial charge in [-0.3, -0.25) is 4.99 Å². The van der Waals surface area contributed by atoms with E-state index in [2.05, 4.69) is 46.9 Å². The lowest BCUT2D eigenvalue weighted by molar-refractivity contribution is 0.149. The molecular formula is C17H32N2. The van der Waals surface area contributed by atoms with Gasteiger partial charge >= 0.3 is 0 Å². The van der Waals surface area contributed by atoms with Gasteiger partial charge in [0.25, 0.3) is 0 Å². The molecule has 1 aliphatic carbocycles. The summed E-state index contributed by atoms with van der Waals surface area (Å²) in [7, 11) is 0. The lowest BCUT2D eigenvalue weighted by atomic mass is 9.69. The predicted octanol–water partition coefficient (Wildman–Crippen LogP) is 4.40. The molecule has 1 saturated carbocycles. The Morgan fingerprint density at radius 2 is 1.89 bits per heavy atom. The summed E-state index contributed by atoms with van der Waals surface area (Å²) in [6.07, 6.45) is 6.58. The first-order valence-corrected chi connectivity index (χ1v) is 8.07. The summed E-state index contributed by atoms with van der Waals surface area (Å²) >= 11 is 0. The molecule has 3 unspecified atom stereocenters. The van der Waals surface area contributed by atoms with Crippen LogP contribution in [0.4, 0.5) is 0 Å². The molecule has 0 saturated heterocycles. The SMILES string of the molecule is CC(C)C1(C)CCCC2N=C(C(C)(C)C)NC2CC1. The van der Waals surface area contributed by atoms with E-state index >= 15 is 0 Å². The number of fused-ring (bicyclic) bond motifs is 1. The van der Waals surface area contributed by atoms with Crippen molar-refractivity contribution in [3.8, 4) is 0 Å². The van der Waals surface area contributed by atoms with E-state index in [0.717, 1.165) is 5.92 Å². The van der Waals surface area contributed by atoms with Crippen LogP contribution in [0.2, 0.25) is 0 Å². The van der Waals surface area contributed by atoms with Crippen LogP contribution in [0.5, 0.6) is 0 Å². The molecule has 0 aromatic heterocycles. The fourth-order valence-corrected chi connectivity index (χ4v) is 3.41. The first kappa shape index (κ1) is 14.9. The molecular weight excluding hydrogens is 232 g/mol. The zero-order valence-corrected chi connectivity index (χ0v) is 13.7. The van der Waals surface area contributed by atoms with E-state index in [-0.39, 0.29) is 5.41 Å². The topological polar surface area (TPSA) is 24.4 Å². The standard InChI is InChI=1S/C17H32N2/c1-12(2)17(6)10-7-8-13-14(9-11-17)19-15(18-13)16(3,4)5/h12-14H,7-11H2,1-6H3,(H,18,19). The fourth-order valence-electron chi connectivity index (χ4n) is 3.41. The van der Waals surface area contributed by atoms with E-state index in [4.69, 9.17) is 4.99 Å². The van der Waals surface area contributed by atoms with Crippen molar-refractivity contribution in [3.05, 3.63) is 0 Å². The van der Waals surface area contributed by atoms with E-state index < -0.39 is 0 Å². The Labute approximate surface area is 119 Å². The molecule has 1 N–H and O–H groups in total. The van der Waals surface area contributed by atoms with Crippen LogP contribution in [0.15, 0.2) is 4.99 Å². The average Bonchev–Trinajstić information content (AvgIpc) is 2.66. The third-order valence-electron chi connectivity index (χ3n) is 5.46. The van der Waals surface area contributed by atoms with Gasteiger partial charge < -0.3 is 5.32 Å². The van der Waals surface area contributed by atoms with Crippen LogP contribution in [-0.4, -0.2) is 17.9 Å². The Morgan fingerprint density at radius 3 is 2.47 bits per heavy atom. The highest BCUT2D eigenvalue weighted by Gasteiger charge is 2.38. The molecule has 0 aromatic rings. The third-order valence-corrected chi connectivity index (χ3v) is 5.46. The van der Waals surface area contributed by atoms with Crippen molar-refractivity contribution in [2.45, 2.75) is 85.7 Å². The van der Waals surface area contributed by atoms with Crippen LogP contribution >= 0.6 is 0 Å². The molecule has 2 nitrogen and oxygen atoms in total. The summed E-state index contributed by atoms with van der Waals surface area (Å²) in [5.74, 6) is 2.02. The average molecular weight is 264 g/mol. The number of amidine groups is 1. The van der Waals surface area contributed by atoms with Crippen LogP contribution in [0.25, 0.3) is 0 Å². The summed E-state index contributed by atoms with van der Waals surface area (Å²) < 4.78 is 0. The first-order valence-electron chi connectivity index (χ1n) is 8.07. The number of hydrogen-bond donors (Lipinski definition) is 1. The molecule has 0 aromatic carbocycles. The minimum absolute atomic E-state index is 0.169. The Kier molecular flexibility index (Phi) is 3.99. The van der Waals surface area contributed by atoms with Crippen LogP contribution in [0.3, 0.4) is 0 Å². The van der Waals surface area contributed by atoms with Crippen molar-refractivity contribution in [2.24, 2.45) is 21.7 Å². The summed E-state index contributed by atoms with van der Waals surface area (Å²) in [6, 6.07) is 1.12. The van der Waals surface area contributed by atoms with Gasteiger partial charge in [0.05, 0.1) is 6.04 Å². The highest BCUT2D eigenvalue weighted by molar-refractivity contribution is 5.89. The Balaban J connectivity index is 2.06. The lowest BCUT2D eigenvalue weighted by Gasteiger charge is -2.38. The minimum Gasteiger partial charge on any atom is -0.368 e. The fraction of sp³-hybridized carbons (Fsp3) is 0.941. The molecule has 3 atom stereocenters. The van der Waals surface area contributed by atoms with Crippen molar-refractivity contribution in [1.29, 1.82) is 0 Å².